The maximum atomic E-state index is 15.5. The third kappa shape index (κ3) is 10.1. The maximum Gasteiger partial charge on any atom is 0.316 e. The first-order valence-electron chi connectivity index (χ1n) is 25.6. The van der Waals surface area contributed by atoms with Gasteiger partial charge in [0.25, 0.3) is 5.56 Å². The fraction of sp³-hybridized carbons (Fsp3) is 0.577. The van der Waals surface area contributed by atoms with Gasteiger partial charge in [-0.15, -0.1) is 0 Å². The number of aryl methyl sites for hydroxylation is 1. The van der Waals surface area contributed by atoms with Crippen LogP contribution in [-0.2, 0) is 73.5 Å². The van der Waals surface area contributed by atoms with Crippen LogP contribution in [0.25, 0.3) is 22.3 Å². The molecular formula is C52H64FN9O10S. The molecule has 3 fully saturated rings. The van der Waals surface area contributed by atoms with Crippen molar-refractivity contribution in [2.45, 2.75) is 152 Å². The van der Waals surface area contributed by atoms with Crippen LogP contribution in [0.1, 0.15) is 125 Å². The number of benzene rings is 1. The van der Waals surface area contributed by atoms with Gasteiger partial charge in [0.2, 0.25) is 41.4 Å². The molecule has 1 saturated heterocycles. The highest BCUT2D eigenvalue weighted by Crippen LogP contribution is 2.60. The molecule has 0 radical (unpaired) electrons. The highest BCUT2D eigenvalue weighted by atomic mass is 32.1. The molecule has 390 valence electrons. The van der Waals surface area contributed by atoms with Gasteiger partial charge in [0.05, 0.1) is 59.3 Å². The molecule has 3 aliphatic carbocycles. The third-order valence-electron chi connectivity index (χ3n) is 15.8. The summed E-state index contributed by atoms with van der Waals surface area (Å²) in [6.07, 6.45) is 6.94. The number of esters is 1. The van der Waals surface area contributed by atoms with Gasteiger partial charge < -0.3 is 41.2 Å². The molecule has 1 aromatic carbocycles. The second-order valence-corrected chi connectivity index (χ2v) is 21.7. The van der Waals surface area contributed by atoms with E-state index in [4.69, 9.17) is 9.72 Å². The lowest BCUT2D eigenvalue weighted by Gasteiger charge is -2.31. The van der Waals surface area contributed by atoms with E-state index >= 15 is 4.39 Å². The van der Waals surface area contributed by atoms with Gasteiger partial charge >= 0.3 is 5.97 Å². The van der Waals surface area contributed by atoms with Gasteiger partial charge in [0, 0.05) is 60.4 Å². The van der Waals surface area contributed by atoms with Crippen molar-refractivity contribution in [1.29, 1.82) is 0 Å². The summed E-state index contributed by atoms with van der Waals surface area (Å²) in [6, 6.07) is 2.70. The second kappa shape index (κ2) is 20.6. The molecule has 73 heavy (non-hydrogen) atoms. The predicted octanol–water partition coefficient (Wildman–Crippen LogP) is 1.90. The lowest BCUT2D eigenvalue weighted by atomic mass is 9.75. The van der Waals surface area contributed by atoms with Crippen molar-refractivity contribution < 1.29 is 47.5 Å². The number of hydrogen-bond donors (Lipinski definition) is 7. The summed E-state index contributed by atoms with van der Waals surface area (Å²) in [4.78, 5) is 120. The summed E-state index contributed by atoms with van der Waals surface area (Å²) in [5.74, 6) is -4.03. The van der Waals surface area contributed by atoms with Crippen molar-refractivity contribution in [3.05, 3.63) is 61.7 Å². The Hall–Kier alpha value is -6.22. The van der Waals surface area contributed by atoms with E-state index in [0.29, 0.717) is 86.1 Å². The van der Waals surface area contributed by atoms with Gasteiger partial charge in [0.15, 0.2) is 0 Å². The molecule has 3 unspecified atom stereocenters. The Morgan fingerprint density at radius 2 is 1.60 bits per heavy atom. The number of pyridine rings is 2. The fourth-order valence-electron chi connectivity index (χ4n) is 11.4. The first-order chi connectivity index (χ1) is 34.8. The van der Waals surface area contributed by atoms with Crippen molar-refractivity contribution in [3.63, 3.8) is 0 Å². The van der Waals surface area contributed by atoms with Crippen LogP contribution in [0.3, 0.4) is 0 Å². The van der Waals surface area contributed by atoms with Crippen LogP contribution >= 0.6 is 12.6 Å². The minimum Gasteiger partial charge on any atom is -0.460 e. The van der Waals surface area contributed by atoms with Crippen molar-refractivity contribution in [2.24, 2.45) is 5.92 Å². The minimum absolute atomic E-state index is 0.0466. The smallest absolute Gasteiger partial charge is 0.316 e. The van der Waals surface area contributed by atoms with Gasteiger partial charge in [-0.2, -0.15) is 12.6 Å². The number of hydrogen-bond acceptors (Lipinski definition) is 13. The quantitative estimate of drug-likeness (QED) is 0.0274. The number of carbonyl (C=O) groups is 8. The topological polar surface area (TPSA) is 256 Å². The Morgan fingerprint density at radius 1 is 0.877 bits per heavy atom. The molecule has 9 rings (SSSR count). The molecule has 0 bridgehead atoms. The average Bonchev–Trinajstić information content (AvgIpc) is 4.24. The van der Waals surface area contributed by atoms with Crippen molar-refractivity contribution in [1.82, 2.24) is 46.4 Å². The predicted molar refractivity (Wildman–Crippen MR) is 268 cm³/mol. The monoisotopic (exact) mass is 1030 g/mol. The van der Waals surface area contributed by atoms with Crippen molar-refractivity contribution in [2.75, 3.05) is 32.7 Å². The number of nitrogens with zero attached hydrogens (tertiary/aromatic N) is 3. The van der Waals surface area contributed by atoms with Gasteiger partial charge in [0.1, 0.15) is 18.5 Å². The zero-order valence-corrected chi connectivity index (χ0v) is 42.6. The number of aromatic nitrogens is 2. The number of unbranched alkanes of at least 4 members (excludes halogenated alkanes) is 2. The van der Waals surface area contributed by atoms with Gasteiger partial charge in [-0.3, -0.25) is 48.1 Å². The van der Waals surface area contributed by atoms with E-state index in [1.165, 1.54) is 11.0 Å². The van der Waals surface area contributed by atoms with Crippen LogP contribution in [0, 0.1) is 18.7 Å². The molecule has 7 amide bonds. The SMILES string of the molecule is Cc1c(F)cc2nc3c(c4c2c1CCC41C[C@H]1NC(C)CCCNC(=O)CNC(=O)[C@@H](NC(=O)CNC(=O)CNC(=O)CCCCCN1C(=O)CC(S)C1=O)C(C)C)Cn1c-3cc2c(c1=O)COC(=O)C21CC1. The van der Waals surface area contributed by atoms with Crippen LogP contribution in [0.15, 0.2) is 16.9 Å². The Balaban J connectivity index is 0.703. The molecular weight excluding hydrogens is 962 g/mol. The number of likely N-dealkylation sites (tertiary alicyclic amines) is 1. The molecule has 6 aliphatic rings. The molecule has 6 N–H and O–H groups in total. The Morgan fingerprint density at radius 3 is 2.33 bits per heavy atom. The molecule has 3 aromatic rings. The van der Waals surface area contributed by atoms with Gasteiger partial charge in [-0.05, 0) is 106 Å². The number of cyclic esters (lactones) is 1. The molecule has 5 heterocycles. The Labute approximate surface area is 427 Å². The van der Waals surface area contributed by atoms with E-state index in [0.717, 1.165) is 46.9 Å². The molecule has 2 aromatic heterocycles. The molecule has 21 heteroatoms. The lowest BCUT2D eigenvalue weighted by Crippen LogP contribution is -2.53. The first-order valence-corrected chi connectivity index (χ1v) is 26.1. The Bertz CT molecular complexity index is 2900. The van der Waals surface area contributed by atoms with Crippen LogP contribution in [0.2, 0.25) is 0 Å². The molecule has 5 atom stereocenters. The number of amides is 7. The van der Waals surface area contributed by atoms with Crippen LogP contribution in [0.4, 0.5) is 4.39 Å². The average molecular weight is 1030 g/mol. The number of rotatable bonds is 21. The number of fused-ring (bicyclic) bond motifs is 7. The molecule has 2 saturated carbocycles. The molecule has 3 aliphatic heterocycles. The third-order valence-corrected chi connectivity index (χ3v) is 16.2. The van der Waals surface area contributed by atoms with E-state index in [1.807, 2.05) is 13.0 Å². The molecule has 2 spiro atoms. The molecule has 19 nitrogen and oxygen atoms in total. The van der Waals surface area contributed by atoms with E-state index in [1.54, 1.807) is 18.4 Å². The van der Waals surface area contributed by atoms with E-state index in [2.05, 4.69) is 51.5 Å². The van der Waals surface area contributed by atoms with E-state index < -0.39 is 46.9 Å². The van der Waals surface area contributed by atoms with E-state index in [9.17, 15) is 43.2 Å². The number of halogens is 1. The Kier molecular flexibility index (Phi) is 14.6. The summed E-state index contributed by atoms with van der Waals surface area (Å²) >= 11 is 4.10. The van der Waals surface area contributed by atoms with Crippen molar-refractivity contribution >= 4 is 70.9 Å². The summed E-state index contributed by atoms with van der Waals surface area (Å²) in [5.41, 5.74) is 5.70. The summed E-state index contributed by atoms with van der Waals surface area (Å²) in [6.45, 7) is 7.23. The highest BCUT2D eigenvalue weighted by molar-refractivity contribution is 7.81. The maximum absolute atomic E-state index is 15.5. The van der Waals surface area contributed by atoms with Crippen LogP contribution < -0.4 is 37.5 Å². The second-order valence-electron chi connectivity index (χ2n) is 21.1. The standard InChI is InChI=1S/C52H64FN9O10S/c1-26(2)45(60-41(66)23-56-40(65)21-55-38(63)10-6-5-7-16-61-42(67)19-36(73)49(61)70)47(68)57-22-39(64)54-15-8-9-27(3)58-37-20-52(37)12-11-29-28(4)33(53)18-34-43(29)44(52)30-24-62-35(46(30)59-34)17-32-31(48(62)69)25-72-50(71)51(32)13-14-51/h17-18,26-27,36-37,45,58,73H,5-16,19-25H2,1-4H3,(H,54,64)(H,55,63)(H,56,65)(H,57,68)(H,60,66)/t27?,36?,37-,45+,52?/m1/s1. The zero-order chi connectivity index (χ0) is 52.1. The van der Waals surface area contributed by atoms with E-state index in [-0.39, 0.29) is 97.6 Å². The first kappa shape index (κ1) is 51.7. The number of thiol groups is 1. The van der Waals surface area contributed by atoms with Crippen LogP contribution in [-0.4, -0.2) is 118 Å². The summed E-state index contributed by atoms with van der Waals surface area (Å²) in [5, 5.41) is 17.2. The largest absolute Gasteiger partial charge is 0.460 e. The minimum atomic E-state index is -0.983. The lowest BCUT2D eigenvalue weighted by molar-refractivity contribution is -0.150. The zero-order valence-electron chi connectivity index (χ0n) is 41.7. The number of imide groups is 1. The summed E-state index contributed by atoms with van der Waals surface area (Å²) in [7, 11) is 0. The van der Waals surface area contributed by atoms with Crippen molar-refractivity contribution in [3.8, 4) is 11.4 Å². The van der Waals surface area contributed by atoms with Gasteiger partial charge in [-0.25, -0.2) is 9.37 Å². The van der Waals surface area contributed by atoms with Gasteiger partial charge in [-0.1, -0.05) is 20.3 Å². The number of nitrogens with one attached hydrogen (secondary N) is 6. The number of ether oxygens (including phenoxy) is 1. The number of carbonyl (C=O) groups excluding carboxylic acids is 8. The summed E-state index contributed by atoms with van der Waals surface area (Å²) < 4.78 is 22.7. The fourth-order valence-corrected chi connectivity index (χ4v) is 11.7. The normalized spacial score (nSPS) is 21.4. The van der Waals surface area contributed by atoms with Crippen LogP contribution in [0.5, 0.6) is 0 Å². The highest BCUT2D eigenvalue weighted by Gasteiger charge is 2.60.